The molecule has 4 heteroatoms. The molecule has 0 aromatic heterocycles. The van der Waals surface area contributed by atoms with Crippen molar-refractivity contribution >= 4 is 21.8 Å². The highest BCUT2D eigenvalue weighted by atomic mass is 79.9. The first-order valence-corrected chi connectivity index (χ1v) is 6.91. The van der Waals surface area contributed by atoms with Crippen LogP contribution in [0.4, 0.5) is 0 Å². The molecule has 0 spiro atoms. The van der Waals surface area contributed by atoms with Crippen LogP contribution < -0.4 is 5.32 Å². The molecule has 0 aliphatic rings. The molecular formula is C14H20BrNO2. The molecule has 0 saturated heterocycles. The van der Waals surface area contributed by atoms with Gasteiger partial charge in [0, 0.05) is 16.9 Å². The Bertz CT molecular complexity index is 395. The summed E-state index contributed by atoms with van der Waals surface area (Å²) in [6, 6.07) is 6.24. The van der Waals surface area contributed by atoms with Crippen molar-refractivity contribution in [1.29, 1.82) is 0 Å². The molecule has 1 aromatic rings. The maximum absolute atomic E-state index is 11.8. The summed E-state index contributed by atoms with van der Waals surface area (Å²) < 4.78 is 0. The van der Waals surface area contributed by atoms with Gasteiger partial charge in [-0.3, -0.25) is 4.79 Å². The Morgan fingerprint density at radius 2 is 1.89 bits per heavy atom. The van der Waals surface area contributed by atoms with Gasteiger partial charge >= 0.3 is 0 Å². The van der Waals surface area contributed by atoms with E-state index in [1.54, 1.807) is 12.1 Å². The van der Waals surface area contributed by atoms with Gasteiger partial charge in [0.2, 0.25) is 0 Å². The van der Waals surface area contributed by atoms with Crippen LogP contribution in [0, 0.1) is 5.41 Å². The maximum Gasteiger partial charge on any atom is 0.251 e. The summed E-state index contributed by atoms with van der Waals surface area (Å²) in [7, 11) is 0. The van der Waals surface area contributed by atoms with E-state index in [1.807, 2.05) is 0 Å². The van der Waals surface area contributed by atoms with E-state index in [0.717, 1.165) is 6.42 Å². The van der Waals surface area contributed by atoms with Crippen LogP contribution in [0.25, 0.3) is 0 Å². The fourth-order valence-electron chi connectivity index (χ4n) is 1.65. The summed E-state index contributed by atoms with van der Waals surface area (Å²) in [6.45, 7) is 7.10. The smallest absolute Gasteiger partial charge is 0.251 e. The Morgan fingerprint density at radius 1 is 1.33 bits per heavy atom. The summed E-state index contributed by atoms with van der Waals surface area (Å²) in [5.41, 5.74) is 0.792. The number of carbonyl (C=O) groups is 1. The van der Waals surface area contributed by atoms with Crippen molar-refractivity contribution in [2.75, 3.05) is 6.54 Å². The van der Waals surface area contributed by atoms with Gasteiger partial charge in [0.25, 0.3) is 5.91 Å². The first kappa shape index (κ1) is 15.0. The first-order valence-electron chi connectivity index (χ1n) is 5.99. The lowest BCUT2D eigenvalue weighted by Crippen LogP contribution is -2.31. The number of amides is 1. The van der Waals surface area contributed by atoms with Crippen LogP contribution in [0.3, 0.4) is 0 Å². The number of phenolic OH excluding ortho intramolecular Hbond substituents is 1. The van der Waals surface area contributed by atoms with E-state index in [4.69, 9.17) is 5.11 Å². The van der Waals surface area contributed by atoms with Crippen LogP contribution in [0.2, 0.25) is 0 Å². The van der Waals surface area contributed by atoms with Crippen LogP contribution in [0.15, 0.2) is 24.3 Å². The van der Waals surface area contributed by atoms with E-state index in [0.29, 0.717) is 12.1 Å². The third kappa shape index (κ3) is 5.54. The van der Waals surface area contributed by atoms with Crippen molar-refractivity contribution in [1.82, 2.24) is 5.32 Å². The van der Waals surface area contributed by atoms with Gasteiger partial charge in [-0.1, -0.05) is 36.7 Å². The average molecular weight is 314 g/mol. The number of hydrogen-bond donors (Lipinski definition) is 2. The Kier molecular flexibility index (Phi) is 5.20. The van der Waals surface area contributed by atoms with Gasteiger partial charge in [0.05, 0.1) is 0 Å². The highest BCUT2D eigenvalue weighted by molar-refractivity contribution is 9.09. The second-order valence-corrected chi connectivity index (χ2v) is 6.91. The molecule has 1 unspecified atom stereocenters. The molecule has 0 radical (unpaired) electrons. The fourth-order valence-corrected chi connectivity index (χ4v) is 2.79. The number of hydrogen-bond acceptors (Lipinski definition) is 2. The van der Waals surface area contributed by atoms with Crippen molar-refractivity contribution < 1.29 is 9.90 Å². The number of rotatable bonds is 4. The minimum atomic E-state index is -0.117. The molecule has 1 aromatic carbocycles. The van der Waals surface area contributed by atoms with Crippen molar-refractivity contribution in [2.24, 2.45) is 5.41 Å². The minimum absolute atomic E-state index is 0.117. The van der Waals surface area contributed by atoms with Gasteiger partial charge in [0.15, 0.2) is 0 Å². The van der Waals surface area contributed by atoms with Crippen LogP contribution in [-0.2, 0) is 0 Å². The molecule has 2 N–H and O–H groups in total. The third-order valence-corrected chi connectivity index (χ3v) is 3.09. The van der Waals surface area contributed by atoms with Gasteiger partial charge in [0.1, 0.15) is 5.75 Å². The Morgan fingerprint density at radius 3 is 2.39 bits per heavy atom. The highest BCUT2D eigenvalue weighted by Gasteiger charge is 2.17. The van der Waals surface area contributed by atoms with Gasteiger partial charge < -0.3 is 10.4 Å². The Hall–Kier alpha value is -1.03. The topological polar surface area (TPSA) is 49.3 Å². The number of aromatic hydroxyl groups is 1. The molecule has 0 saturated carbocycles. The summed E-state index contributed by atoms with van der Waals surface area (Å²) in [5, 5.41) is 12.0. The average Bonchev–Trinajstić information content (AvgIpc) is 2.24. The van der Waals surface area contributed by atoms with Crippen molar-refractivity contribution in [2.45, 2.75) is 32.0 Å². The normalized spacial score (nSPS) is 13.1. The second kappa shape index (κ2) is 6.23. The number of benzene rings is 1. The summed E-state index contributed by atoms with van der Waals surface area (Å²) in [5.74, 6) is 0.0472. The van der Waals surface area contributed by atoms with Crippen LogP contribution in [-0.4, -0.2) is 22.4 Å². The van der Waals surface area contributed by atoms with E-state index in [-0.39, 0.29) is 21.9 Å². The number of phenols is 1. The Labute approximate surface area is 117 Å². The van der Waals surface area contributed by atoms with Gasteiger partial charge in [-0.05, 0) is 36.1 Å². The Balaban J connectivity index is 2.44. The maximum atomic E-state index is 11.8. The number of halogens is 1. The number of nitrogens with one attached hydrogen (secondary N) is 1. The number of alkyl halides is 1. The monoisotopic (exact) mass is 313 g/mol. The zero-order chi connectivity index (χ0) is 13.8. The van der Waals surface area contributed by atoms with E-state index >= 15 is 0 Å². The molecule has 0 heterocycles. The third-order valence-electron chi connectivity index (χ3n) is 2.45. The predicted octanol–water partition coefficient (Wildman–Crippen LogP) is 3.32. The highest BCUT2D eigenvalue weighted by Crippen LogP contribution is 2.24. The SMILES string of the molecule is CC(C)(C)CC(Br)CNC(=O)c1ccc(O)cc1. The van der Waals surface area contributed by atoms with Crippen molar-refractivity contribution in [3.8, 4) is 5.75 Å². The van der Waals surface area contributed by atoms with Crippen LogP contribution >= 0.6 is 15.9 Å². The molecule has 0 aliphatic carbocycles. The van der Waals surface area contributed by atoms with Gasteiger partial charge in [-0.2, -0.15) is 0 Å². The zero-order valence-corrected chi connectivity index (χ0v) is 12.6. The predicted molar refractivity (Wildman–Crippen MR) is 77.2 cm³/mol. The number of carbonyl (C=O) groups excluding carboxylic acids is 1. The van der Waals surface area contributed by atoms with Crippen molar-refractivity contribution in [3.05, 3.63) is 29.8 Å². The first-order chi connectivity index (χ1) is 8.28. The molecule has 1 amide bonds. The van der Waals surface area contributed by atoms with E-state index < -0.39 is 0 Å². The lowest BCUT2D eigenvalue weighted by Gasteiger charge is -2.22. The molecule has 18 heavy (non-hydrogen) atoms. The van der Waals surface area contributed by atoms with Crippen molar-refractivity contribution in [3.63, 3.8) is 0 Å². The molecule has 1 atom stereocenters. The van der Waals surface area contributed by atoms with E-state index in [1.165, 1.54) is 12.1 Å². The van der Waals surface area contributed by atoms with Gasteiger partial charge in [-0.15, -0.1) is 0 Å². The fraction of sp³-hybridized carbons (Fsp3) is 0.500. The summed E-state index contributed by atoms with van der Waals surface area (Å²) >= 11 is 3.57. The summed E-state index contributed by atoms with van der Waals surface area (Å²) in [4.78, 5) is 12.1. The second-order valence-electron chi connectivity index (χ2n) is 5.62. The van der Waals surface area contributed by atoms with Crippen LogP contribution in [0.1, 0.15) is 37.6 Å². The minimum Gasteiger partial charge on any atom is -0.508 e. The van der Waals surface area contributed by atoms with E-state index in [9.17, 15) is 4.79 Å². The van der Waals surface area contributed by atoms with E-state index in [2.05, 4.69) is 42.0 Å². The quantitative estimate of drug-likeness (QED) is 0.838. The molecule has 3 nitrogen and oxygen atoms in total. The lowest BCUT2D eigenvalue weighted by atomic mass is 9.90. The zero-order valence-electron chi connectivity index (χ0n) is 11.0. The standard InChI is InChI=1S/C14H20BrNO2/c1-14(2,3)8-11(15)9-16-13(18)10-4-6-12(17)7-5-10/h4-7,11,17H,8-9H2,1-3H3,(H,16,18). The molecule has 0 aliphatic heterocycles. The van der Waals surface area contributed by atoms with Gasteiger partial charge in [-0.25, -0.2) is 0 Å². The lowest BCUT2D eigenvalue weighted by molar-refractivity contribution is 0.0952. The molecule has 1 rings (SSSR count). The molecule has 0 fully saturated rings. The largest absolute Gasteiger partial charge is 0.508 e. The van der Waals surface area contributed by atoms with Crippen LogP contribution in [0.5, 0.6) is 5.75 Å². The molecular weight excluding hydrogens is 294 g/mol. The molecule has 0 bridgehead atoms. The molecule has 100 valence electrons. The summed E-state index contributed by atoms with van der Waals surface area (Å²) in [6.07, 6.45) is 0.989.